The highest BCUT2D eigenvalue weighted by Crippen LogP contribution is 2.75. The van der Waals surface area contributed by atoms with Gasteiger partial charge in [0.15, 0.2) is 0 Å². The molecular formula is C37H59NO6. The quantitative estimate of drug-likeness (QED) is 0.254. The van der Waals surface area contributed by atoms with Crippen LogP contribution in [0.5, 0.6) is 0 Å². The molecule has 248 valence electrons. The molecular weight excluding hydrogens is 554 g/mol. The van der Waals surface area contributed by atoms with Crippen molar-refractivity contribution in [2.75, 3.05) is 14.2 Å². The molecule has 0 spiro atoms. The molecule has 5 aliphatic carbocycles. The zero-order valence-corrected chi connectivity index (χ0v) is 28.9. The van der Waals surface area contributed by atoms with Crippen LogP contribution in [-0.4, -0.2) is 49.3 Å². The Morgan fingerprint density at radius 2 is 1.59 bits per heavy atom. The minimum atomic E-state index is -0.882. The highest BCUT2D eigenvalue weighted by atomic mass is 16.5. The molecule has 0 aliphatic heterocycles. The van der Waals surface area contributed by atoms with Gasteiger partial charge in [0.2, 0.25) is 5.91 Å². The van der Waals surface area contributed by atoms with Crippen LogP contribution in [0.25, 0.3) is 0 Å². The summed E-state index contributed by atoms with van der Waals surface area (Å²) < 4.78 is 9.85. The summed E-state index contributed by atoms with van der Waals surface area (Å²) in [6.07, 6.45) is 12.2. The predicted octanol–water partition coefficient (Wildman–Crippen LogP) is 6.76. The summed E-state index contributed by atoms with van der Waals surface area (Å²) in [7, 11) is 2.65. The van der Waals surface area contributed by atoms with Gasteiger partial charge in [-0.15, -0.1) is 0 Å². The Morgan fingerprint density at radius 3 is 2.25 bits per heavy atom. The standard InChI is InChI=1S/C37H59NO6/c1-32(2)18-20-37(31(42)38-25(30(41)44-9)11-13-29(40)43-8)21-19-35(6)23(24(37)22-32)10-12-27-34(5)16-15-28(39)33(3,4)26(34)14-17-36(27,35)7/h10,24-28,39H,11-22H2,1-9H3,(H,38,42)/t24-,25-,26-,27+,28-,34-,35+,36+,37-/m0/s1. The van der Waals surface area contributed by atoms with E-state index in [1.54, 1.807) is 0 Å². The van der Waals surface area contributed by atoms with E-state index >= 15 is 0 Å². The van der Waals surface area contributed by atoms with Gasteiger partial charge in [-0.25, -0.2) is 4.79 Å². The first-order valence-corrected chi connectivity index (χ1v) is 17.3. The number of aliphatic hydroxyl groups excluding tert-OH is 1. The lowest BCUT2D eigenvalue weighted by Gasteiger charge is -2.71. The Morgan fingerprint density at radius 1 is 0.909 bits per heavy atom. The minimum Gasteiger partial charge on any atom is -0.469 e. The molecule has 0 saturated heterocycles. The second kappa shape index (κ2) is 11.1. The summed E-state index contributed by atoms with van der Waals surface area (Å²) in [4.78, 5) is 39.2. The summed E-state index contributed by atoms with van der Waals surface area (Å²) in [5, 5.41) is 14.1. The normalized spacial score (nSPS) is 42.6. The van der Waals surface area contributed by atoms with Gasteiger partial charge >= 0.3 is 11.9 Å². The largest absolute Gasteiger partial charge is 0.469 e. The van der Waals surface area contributed by atoms with E-state index in [-0.39, 0.29) is 57.8 Å². The van der Waals surface area contributed by atoms with Crippen LogP contribution in [0.3, 0.4) is 0 Å². The van der Waals surface area contributed by atoms with Crippen molar-refractivity contribution in [3.8, 4) is 0 Å². The second-order valence-electron chi connectivity index (χ2n) is 17.4. The minimum absolute atomic E-state index is 0.0153. The number of rotatable bonds is 6. The average Bonchev–Trinajstić information content (AvgIpc) is 2.96. The number of fused-ring (bicyclic) bond motifs is 7. The van der Waals surface area contributed by atoms with Gasteiger partial charge in [-0.2, -0.15) is 0 Å². The van der Waals surface area contributed by atoms with E-state index in [0.717, 1.165) is 64.2 Å². The highest BCUT2D eigenvalue weighted by molar-refractivity contribution is 5.89. The monoisotopic (exact) mass is 613 g/mol. The molecule has 9 atom stereocenters. The van der Waals surface area contributed by atoms with E-state index in [0.29, 0.717) is 11.8 Å². The maximum Gasteiger partial charge on any atom is 0.328 e. The van der Waals surface area contributed by atoms with Crippen molar-refractivity contribution in [2.45, 2.75) is 138 Å². The third-order valence-electron chi connectivity index (χ3n) is 14.7. The van der Waals surface area contributed by atoms with Crippen LogP contribution in [0.15, 0.2) is 11.6 Å². The van der Waals surface area contributed by atoms with Crippen molar-refractivity contribution in [1.29, 1.82) is 0 Å². The predicted molar refractivity (Wildman–Crippen MR) is 170 cm³/mol. The maximum atomic E-state index is 14.5. The summed E-state index contributed by atoms with van der Waals surface area (Å²) in [6.45, 7) is 16.9. The lowest BCUT2D eigenvalue weighted by molar-refractivity contribution is -0.203. The molecule has 5 aliphatic rings. The van der Waals surface area contributed by atoms with Crippen LogP contribution < -0.4 is 5.32 Å². The van der Waals surface area contributed by atoms with Crippen molar-refractivity contribution in [1.82, 2.24) is 5.32 Å². The summed E-state index contributed by atoms with van der Waals surface area (Å²) in [5.74, 6) is 0.146. The Hall–Kier alpha value is -1.89. The molecule has 44 heavy (non-hydrogen) atoms. The first-order chi connectivity index (χ1) is 20.4. The molecule has 0 unspecified atom stereocenters. The smallest absolute Gasteiger partial charge is 0.328 e. The lowest BCUT2D eigenvalue weighted by atomic mass is 9.33. The Balaban J connectivity index is 1.51. The van der Waals surface area contributed by atoms with Gasteiger partial charge in [0.1, 0.15) is 6.04 Å². The Labute approximate surface area is 265 Å². The lowest BCUT2D eigenvalue weighted by Crippen LogP contribution is -2.65. The summed E-state index contributed by atoms with van der Waals surface area (Å²) in [5.41, 5.74) is 1.19. The van der Waals surface area contributed by atoms with E-state index in [4.69, 9.17) is 9.47 Å². The molecule has 4 fully saturated rings. The average molecular weight is 614 g/mol. The fourth-order valence-electron chi connectivity index (χ4n) is 11.7. The number of amides is 1. The molecule has 7 heteroatoms. The molecule has 4 saturated carbocycles. The summed E-state index contributed by atoms with van der Waals surface area (Å²) >= 11 is 0. The van der Waals surface area contributed by atoms with Crippen molar-refractivity contribution < 1.29 is 29.0 Å². The third-order valence-corrected chi connectivity index (χ3v) is 14.7. The molecule has 2 N–H and O–H groups in total. The Bertz CT molecular complexity index is 1210. The van der Waals surface area contributed by atoms with Crippen molar-refractivity contribution in [2.24, 2.45) is 50.2 Å². The van der Waals surface area contributed by atoms with Crippen molar-refractivity contribution >= 4 is 17.8 Å². The summed E-state index contributed by atoms with van der Waals surface area (Å²) in [6, 6.07) is -0.882. The van der Waals surface area contributed by atoms with E-state index in [2.05, 4.69) is 59.9 Å². The van der Waals surface area contributed by atoms with Gasteiger partial charge in [-0.05, 0) is 115 Å². The van der Waals surface area contributed by atoms with Crippen LogP contribution in [0.4, 0.5) is 0 Å². The molecule has 0 bridgehead atoms. The van der Waals surface area contributed by atoms with Crippen LogP contribution in [0, 0.1) is 50.2 Å². The van der Waals surface area contributed by atoms with Crippen LogP contribution in [-0.2, 0) is 23.9 Å². The fourth-order valence-corrected chi connectivity index (χ4v) is 11.7. The van der Waals surface area contributed by atoms with Crippen LogP contribution in [0.1, 0.15) is 126 Å². The number of aliphatic hydroxyl groups is 1. The third kappa shape index (κ3) is 4.88. The Kier molecular flexibility index (Phi) is 8.46. The molecule has 0 aromatic heterocycles. The topological polar surface area (TPSA) is 102 Å². The van der Waals surface area contributed by atoms with E-state index in [1.165, 1.54) is 19.8 Å². The number of hydrogen-bond donors (Lipinski definition) is 2. The number of allylic oxidation sites excluding steroid dienone is 2. The molecule has 1 amide bonds. The first kappa shape index (κ1) is 33.5. The van der Waals surface area contributed by atoms with E-state index in [9.17, 15) is 19.5 Å². The second-order valence-corrected chi connectivity index (χ2v) is 17.4. The fraction of sp³-hybridized carbons (Fsp3) is 0.865. The van der Waals surface area contributed by atoms with Gasteiger partial charge in [0, 0.05) is 6.42 Å². The number of nitrogens with one attached hydrogen (secondary N) is 1. The SMILES string of the molecule is COC(=O)CC[C@H](NC(=O)[C@]12CCC(C)(C)C[C@H]1C1=CC[C@@H]3[C@@]4(C)CC[C@H](O)C(C)(C)[C@@H]4CC[C@@]3(C)[C@]1(C)CC2)C(=O)OC. The van der Waals surface area contributed by atoms with Gasteiger partial charge in [0.05, 0.1) is 25.7 Å². The number of carbonyl (C=O) groups is 3. The molecule has 7 nitrogen and oxygen atoms in total. The molecule has 0 aromatic carbocycles. The maximum absolute atomic E-state index is 14.5. The zero-order chi connectivity index (χ0) is 32.5. The zero-order valence-electron chi connectivity index (χ0n) is 28.9. The first-order valence-electron chi connectivity index (χ1n) is 17.3. The molecule has 0 aromatic rings. The van der Waals surface area contributed by atoms with E-state index in [1.807, 2.05) is 0 Å². The number of ether oxygens (including phenoxy) is 2. The number of methoxy groups -OCH3 is 2. The van der Waals surface area contributed by atoms with Gasteiger partial charge in [-0.3, -0.25) is 9.59 Å². The van der Waals surface area contributed by atoms with Crippen molar-refractivity contribution in [3.63, 3.8) is 0 Å². The van der Waals surface area contributed by atoms with E-state index < -0.39 is 23.4 Å². The number of carbonyl (C=O) groups excluding carboxylic acids is 3. The molecule has 0 radical (unpaired) electrons. The highest BCUT2D eigenvalue weighted by Gasteiger charge is 2.69. The number of hydrogen-bond acceptors (Lipinski definition) is 6. The van der Waals surface area contributed by atoms with Gasteiger partial charge in [-0.1, -0.05) is 60.1 Å². The van der Waals surface area contributed by atoms with Crippen LogP contribution in [0.2, 0.25) is 0 Å². The van der Waals surface area contributed by atoms with Gasteiger partial charge in [0.25, 0.3) is 0 Å². The number of esters is 2. The molecule has 0 heterocycles. The van der Waals surface area contributed by atoms with Crippen LogP contribution >= 0.6 is 0 Å². The molecule has 5 rings (SSSR count). The van der Waals surface area contributed by atoms with Crippen molar-refractivity contribution in [3.05, 3.63) is 11.6 Å². The van der Waals surface area contributed by atoms with Gasteiger partial charge < -0.3 is 19.9 Å².